The number of ether oxygens (including phenoxy) is 4. The second-order valence-corrected chi connectivity index (χ2v) is 30.3. The fraction of sp³-hybridized carbons (Fsp3) is 0.944. The van der Waals surface area contributed by atoms with Crippen LogP contribution in [-0.4, -0.2) is 96.7 Å². The number of carbonyl (C=O) groups is 4. The van der Waals surface area contributed by atoms with Crippen molar-refractivity contribution in [3.05, 3.63) is 0 Å². The molecule has 3 N–H and O–H groups in total. The van der Waals surface area contributed by atoms with E-state index in [1.807, 2.05) is 0 Å². The average Bonchev–Trinajstić information content (AvgIpc) is 3.46. The van der Waals surface area contributed by atoms with Gasteiger partial charge in [-0.3, -0.25) is 37.3 Å². The fourth-order valence-corrected chi connectivity index (χ4v) is 12.4. The lowest BCUT2D eigenvalue weighted by molar-refractivity contribution is -0.161. The monoisotopic (exact) mass is 1340 g/mol. The van der Waals surface area contributed by atoms with Gasteiger partial charge in [-0.1, -0.05) is 306 Å². The van der Waals surface area contributed by atoms with Crippen molar-refractivity contribution < 1.29 is 80.2 Å². The normalized spacial score (nSPS) is 14.8. The van der Waals surface area contributed by atoms with Crippen LogP contribution in [-0.2, 0) is 65.4 Å². The quantitative estimate of drug-likeness (QED) is 0.0222. The van der Waals surface area contributed by atoms with Crippen LogP contribution in [0, 0.1) is 23.7 Å². The number of aliphatic hydroxyl groups is 1. The van der Waals surface area contributed by atoms with Gasteiger partial charge >= 0.3 is 39.5 Å². The lowest BCUT2D eigenvalue weighted by atomic mass is 10.00. The predicted molar refractivity (Wildman–Crippen MR) is 367 cm³/mol. The molecule has 0 aliphatic heterocycles. The van der Waals surface area contributed by atoms with Crippen molar-refractivity contribution in [1.82, 2.24) is 0 Å². The third kappa shape index (κ3) is 63.9. The number of hydrogen-bond acceptors (Lipinski definition) is 15. The van der Waals surface area contributed by atoms with E-state index < -0.39 is 97.5 Å². The highest BCUT2D eigenvalue weighted by molar-refractivity contribution is 7.47. The number of carbonyl (C=O) groups excluding carboxylic acids is 4. The summed E-state index contributed by atoms with van der Waals surface area (Å²) in [5, 5.41) is 10.6. The van der Waals surface area contributed by atoms with Gasteiger partial charge in [-0.15, -0.1) is 0 Å². The second kappa shape index (κ2) is 61.6. The van der Waals surface area contributed by atoms with Crippen LogP contribution in [0.2, 0.25) is 0 Å². The van der Waals surface area contributed by atoms with E-state index in [0.29, 0.717) is 25.7 Å². The molecule has 0 radical (unpaired) electrons. The van der Waals surface area contributed by atoms with Crippen LogP contribution in [0.5, 0.6) is 0 Å². The molecule has 0 saturated heterocycles. The van der Waals surface area contributed by atoms with Crippen LogP contribution < -0.4 is 0 Å². The molecule has 91 heavy (non-hydrogen) atoms. The number of phosphoric ester groups is 2. The summed E-state index contributed by atoms with van der Waals surface area (Å²) in [6, 6.07) is 0. The minimum absolute atomic E-state index is 0.105. The molecule has 19 heteroatoms. The summed E-state index contributed by atoms with van der Waals surface area (Å²) in [7, 11) is -9.91. The number of hydrogen-bond donors (Lipinski definition) is 3. The van der Waals surface area contributed by atoms with Crippen molar-refractivity contribution in [2.45, 2.75) is 375 Å². The Kier molecular flexibility index (Phi) is 60.3. The Morgan fingerprint density at radius 3 is 0.780 bits per heavy atom. The van der Waals surface area contributed by atoms with Crippen LogP contribution in [0.25, 0.3) is 0 Å². The van der Waals surface area contributed by atoms with Crippen LogP contribution in [0.4, 0.5) is 0 Å². The van der Waals surface area contributed by atoms with E-state index in [0.717, 1.165) is 126 Å². The molecule has 0 saturated carbocycles. The summed E-state index contributed by atoms with van der Waals surface area (Å²) in [4.78, 5) is 72.6. The molecule has 17 nitrogen and oxygen atoms in total. The molecule has 0 amide bonds. The zero-order chi connectivity index (χ0) is 67.5. The van der Waals surface area contributed by atoms with E-state index in [2.05, 4.69) is 55.4 Å². The molecule has 4 unspecified atom stereocenters. The first-order chi connectivity index (χ1) is 43.7. The third-order valence-electron chi connectivity index (χ3n) is 17.3. The van der Waals surface area contributed by atoms with Gasteiger partial charge in [0.05, 0.1) is 26.4 Å². The maximum absolute atomic E-state index is 13.0. The number of aliphatic hydroxyl groups excluding tert-OH is 1. The van der Waals surface area contributed by atoms with Gasteiger partial charge in [-0.2, -0.15) is 0 Å². The molecule has 7 atom stereocenters. The average molecular weight is 1340 g/mol. The Bertz CT molecular complexity index is 1800. The molecule has 0 bridgehead atoms. The zero-order valence-electron chi connectivity index (χ0n) is 59.5. The Balaban J connectivity index is 5.25. The zero-order valence-corrected chi connectivity index (χ0v) is 61.3. The first-order valence-corrected chi connectivity index (χ1v) is 40.3. The Morgan fingerprint density at radius 2 is 0.527 bits per heavy atom. The summed E-state index contributed by atoms with van der Waals surface area (Å²) in [6.45, 7) is 14.1. The molecule has 0 fully saturated rings. The van der Waals surface area contributed by atoms with Gasteiger partial charge in [0.15, 0.2) is 12.2 Å². The molecule has 0 spiro atoms. The van der Waals surface area contributed by atoms with Crippen molar-refractivity contribution in [2.24, 2.45) is 23.7 Å². The van der Waals surface area contributed by atoms with Gasteiger partial charge in [0.25, 0.3) is 0 Å². The minimum Gasteiger partial charge on any atom is -0.462 e. The molecular formula is C72H140O17P2. The molecule has 0 rings (SSSR count). The van der Waals surface area contributed by atoms with Crippen LogP contribution in [0.15, 0.2) is 0 Å². The molecule has 0 aliphatic carbocycles. The Morgan fingerprint density at radius 1 is 0.308 bits per heavy atom. The number of rotatable bonds is 69. The van der Waals surface area contributed by atoms with Crippen LogP contribution in [0.1, 0.15) is 357 Å². The maximum Gasteiger partial charge on any atom is 0.472 e. The van der Waals surface area contributed by atoms with Gasteiger partial charge in [-0.25, -0.2) is 9.13 Å². The Hall–Kier alpha value is -1.94. The van der Waals surface area contributed by atoms with Gasteiger partial charge in [0.2, 0.25) is 0 Å². The first kappa shape index (κ1) is 89.1. The second-order valence-electron chi connectivity index (χ2n) is 27.4. The molecule has 0 aromatic carbocycles. The van der Waals surface area contributed by atoms with E-state index in [4.69, 9.17) is 37.0 Å². The summed E-state index contributed by atoms with van der Waals surface area (Å²) in [5.74, 6) is 0.897. The topological polar surface area (TPSA) is 237 Å². The van der Waals surface area contributed by atoms with Crippen molar-refractivity contribution >= 4 is 39.5 Å². The van der Waals surface area contributed by atoms with E-state index in [1.54, 1.807) is 0 Å². The summed E-state index contributed by atoms with van der Waals surface area (Å²) >= 11 is 0. The number of phosphoric acid groups is 2. The lowest BCUT2D eigenvalue weighted by Gasteiger charge is -2.21. The fourth-order valence-electron chi connectivity index (χ4n) is 10.8. The number of unbranched alkanes of at least 4 members (excludes halogenated alkanes) is 33. The van der Waals surface area contributed by atoms with E-state index in [1.165, 1.54) is 148 Å². The van der Waals surface area contributed by atoms with E-state index in [9.17, 15) is 43.2 Å². The summed E-state index contributed by atoms with van der Waals surface area (Å²) < 4.78 is 68.4. The van der Waals surface area contributed by atoms with Gasteiger partial charge in [0.1, 0.15) is 19.3 Å². The highest BCUT2D eigenvalue weighted by Crippen LogP contribution is 2.45. The largest absolute Gasteiger partial charge is 0.472 e. The smallest absolute Gasteiger partial charge is 0.462 e. The highest BCUT2D eigenvalue weighted by Gasteiger charge is 2.30. The summed E-state index contributed by atoms with van der Waals surface area (Å²) in [6.07, 6.45) is 44.4. The molecule has 0 aromatic heterocycles. The van der Waals surface area contributed by atoms with Crippen LogP contribution in [0.3, 0.4) is 0 Å². The SMILES string of the molecule is CCC(C)CCCCCCCCC(=O)OC[C@H](COP(=O)(O)OC[C@@H](O)COP(=O)(O)OC[C@@H](COC(=O)CCCCCCCCC(C)CC)OC(=O)CCCCCCCCCCCCCCC(C)C)OC(=O)CCCCCCCCCCCCCCCC(C)C. The number of esters is 4. The van der Waals surface area contributed by atoms with Gasteiger partial charge in [0, 0.05) is 25.7 Å². The maximum atomic E-state index is 13.0. The van der Waals surface area contributed by atoms with E-state index in [-0.39, 0.29) is 25.7 Å². The van der Waals surface area contributed by atoms with Crippen molar-refractivity contribution in [2.75, 3.05) is 39.6 Å². The van der Waals surface area contributed by atoms with E-state index >= 15 is 0 Å². The predicted octanol–water partition coefficient (Wildman–Crippen LogP) is 20.5. The highest BCUT2D eigenvalue weighted by atomic mass is 31.2. The lowest BCUT2D eigenvalue weighted by Crippen LogP contribution is -2.30. The van der Waals surface area contributed by atoms with Crippen molar-refractivity contribution in [1.29, 1.82) is 0 Å². The van der Waals surface area contributed by atoms with Gasteiger partial charge in [-0.05, 0) is 49.4 Å². The van der Waals surface area contributed by atoms with Crippen molar-refractivity contribution in [3.8, 4) is 0 Å². The molecule has 0 aliphatic rings. The molecular weight excluding hydrogens is 1200 g/mol. The first-order valence-electron chi connectivity index (χ1n) is 37.3. The Labute approximate surface area is 556 Å². The molecule has 0 heterocycles. The van der Waals surface area contributed by atoms with Crippen molar-refractivity contribution in [3.63, 3.8) is 0 Å². The standard InChI is InChI=1S/C72H140O17P2/c1-9-64(7)50-42-34-28-30-36-44-52-69(74)82-58-67(88-71(76)54-46-38-26-22-18-13-11-12-16-20-24-32-40-48-62(3)4)60-86-90(78,79)84-56-66(73)57-85-91(80,81)87-61-68(59-83-70(75)53-45-37-31-29-35-43-51-65(8)10-2)89-72(77)55-47-39-27-23-19-15-14-17-21-25-33-41-49-63(5)6/h62-68,73H,9-61H2,1-8H3,(H,78,79)(H,80,81)/t64?,65?,66-,67-,68-/m1/s1. The molecule has 540 valence electrons. The minimum atomic E-state index is -4.95. The van der Waals surface area contributed by atoms with Crippen LogP contribution >= 0.6 is 15.6 Å². The third-order valence-corrected chi connectivity index (χ3v) is 19.2. The molecule has 0 aromatic rings. The summed E-state index contributed by atoms with van der Waals surface area (Å²) in [5.41, 5.74) is 0. The van der Waals surface area contributed by atoms with Gasteiger partial charge < -0.3 is 33.8 Å².